The maximum atomic E-state index is 13.6. The van der Waals surface area contributed by atoms with Gasteiger partial charge in [-0.2, -0.15) is 0 Å². The van der Waals surface area contributed by atoms with Crippen molar-refractivity contribution in [1.82, 2.24) is 9.55 Å². The Labute approximate surface area is 213 Å². The van der Waals surface area contributed by atoms with Gasteiger partial charge in [0.25, 0.3) is 5.56 Å². The number of primary sulfonamides is 1. The van der Waals surface area contributed by atoms with Crippen LogP contribution in [0.15, 0.2) is 39.1 Å². The predicted octanol–water partition coefficient (Wildman–Crippen LogP) is 4.15. The third kappa shape index (κ3) is 5.79. The second-order valence-corrected chi connectivity index (χ2v) is 13.2. The normalized spacial score (nSPS) is 14.8. The lowest BCUT2D eigenvalue weighted by Crippen LogP contribution is -2.27. The van der Waals surface area contributed by atoms with Crippen LogP contribution in [0.2, 0.25) is 0 Å². The van der Waals surface area contributed by atoms with Gasteiger partial charge in [-0.05, 0) is 74.8 Å². The van der Waals surface area contributed by atoms with Crippen molar-refractivity contribution in [1.29, 1.82) is 0 Å². The van der Waals surface area contributed by atoms with Crippen molar-refractivity contribution >= 4 is 54.9 Å². The molecular weight excluding hydrogens is 504 g/mol. The summed E-state index contributed by atoms with van der Waals surface area (Å²) in [5, 5.41) is 8.70. The minimum atomic E-state index is -3.80. The van der Waals surface area contributed by atoms with Gasteiger partial charge in [0, 0.05) is 17.1 Å². The van der Waals surface area contributed by atoms with E-state index >= 15 is 0 Å². The Kier molecular flexibility index (Phi) is 7.70. The van der Waals surface area contributed by atoms with Crippen LogP contribution in [0.1, 0.15) is 50.5 Å². The standard InChI is InChI=1S/C24H30N4O4S3/c1-14(2)12-13-28-23(30)20-18-6-4-5-7-19(18)34-22(20)27-24(28)33-15(3)21(29)26-16-8-10-17(11-9-16)35(25,31)32/h8-11,14-15H,4-7,12-13H2,1-3H3,(H,26,29)(H2,25,31,32). The van der Waals surface area contributed by atoms with Gasteiger partial charge in [0.1, 0.15) is 4.83 Å². The van der Waals surface area contributed by atoms with E-state index in [0.29, 0.717) is 23.3 Å². The second kappa shape index (κ2) is 10.4. The highest BCUT2D eigenvalue weighted by atomic mass is 32.2. The average Bonchev–Trinajstić information content (AvgIpc) is 3.16. The molecule has 3 N–H and O–H groups in total. The van der Waals surface area contributed by atoms with Crippen LogP contribution in [0, 0.1) is 5.92 Å². The van der Waals surface area contributed by atoms with Crippen molar-refractivity contribution in [2.75, 3.05) is 5.32 Å². The molecule has 1 aliphatic carbocycles. The zero-order valence-electron chi connectivity index (χ0n) is 20.0. The van der Waals surface area contributed by atoms with Crippen LogP contribution in [0.25, 0.3) is 10.2 Å². The fraction of sp³-hybridized carbons (Fsp3) is 0.458. The first-order valence-electron chi connectivity index (χ1n) is 11.7. The van der Waals surface area contributed by atoms with Gasteiger partial charge in [0.15, 0.2) is 5.16 Å². The van der Waals surface area contributed by atoms with E-state index < -0.39 is 15.3 Å². The number of carbonyl (C=O) groups is 1. The van der Waals surface area contributed by atoms with Gasteiger partial charge in [0.2, 0.25) is 15.9 Å². The number of thiophene rings is 1. The van der Waals surface area contributed by atoms with Gasteiger partial charge in [-0.1, -0.05) is 25.6 Å². The fourth-order valence-electron chi connectivity index (χ4n) is 4.08. The second-order valence-electron chi connectivity index (χ2n) is 9.24. The van der Waals surface area contributed by atoms with E-state index in [4.69, 9.17) is 10.1 Å². The molecule has 8 nitrogen and oxygen atoms in total. The summed E-state index contributed by atoms with van der Waals surface area (Å²) in [7, 11) is -3.80. The highest BCUT2D eigenvalue weighted by Crippen LogP contribution is 2.35. The fourth-order valence-corrected chi connectivity index (χ4v) is 6.83. The summed E-state index contributed by atoms with van der Waals surface area (Å²) in [6, 6.07) is 5.68. The number of sulfonamides is 1. The molecule has 1 amide bonds. The predicted molar refractivity (Wildman–Crippen MR) is 142 cm³/mol. The molecule has 2 aromatic heterocycles. The Morgan fingerprint density at radius 1 is 1.20 bits per heavy atom. The molecule has 35 heavy (non-hydrogen) atoms. The number of nitrogens with one attached hydrogen (secondary N) is 1. The maximum Gasteiger partial charge on any atom is 0.263 e. The van der Waals surface area contributed by atoms with Crippen LogP contribution in [0.4, 0.5) is 5.69 Å². The number of carbonyl (C=O) groups excluding carboxylic acids is 1. The first kappa shape index (κ1) is 25.9. The number of aryl methyl sites for hydroxylation is 2. The molecule has 1 atom stereocenters. The Balaban J connectivity index is 1.60. The number of nitrogens with two attached hydrogens (primary N) is 1. The molecule has 0 spiro atoms. The van der Waals surface area contributed by atoms with Crippen LogP contribution < -0.4 is 16.0 Å². The van der Waals surface area contributed by atoms with Gasteiger partial charge in [0.05, 0.1) is 15.5 Å². The lowest BCUT2D eigenvalue weighted by molar-refractivity contribution is -0.115. The van der Waals surface area contributed by atoms with Gasteiger partial charge in [-0.25, -0.2) is 18.5 Å². The third-order valence-electron chi connectivity index (χ3n) is 6.07. The van der Waals surface area contributed by atoms with E-state index in [9.17, 15) is 18.0 Å². The summed E-state index contributed by atoms with van der Waals surface area (Å²) in [6.07, 6.45) is 4.98. The van der Waals surface area contributed by atoms with Crippen molar-refractivity contribution in [3.05, 3.63) is 45.1 Å². The molecule has 0 bridgehead atoms. The minimum absolute atomic E-state index is 0.0104. The summed E-state index contributed by atoms with van der Waals surface area (Å²) in [5.74, 6) is 0.154. The van der Waals surface area contributed by atoms with Crippen molar-refractivity contribution in [2.45, 2.75) is 74.7 Å². The average molecular weight is 535 g/mol. The number of thioether (sulfide) groups is 1. The minimum Gasteiger partial charge on any atom is -0.325 e. The maximum absolute atomic E-state index is 13.6. The molecule has 0 saturated carbocycles. The van der Waals surface area contributed by atoms with Crippen LogP contribution in [0.5, 0.6) is 0 Å². The SMILES string of the molecule is CC(C)CCn1c(SC(C)C(=O)Nc2ccc(S(N)(=O)=O)cc2)nc2sc3c(c2c1=O)CCCC3. The first-order chi connectivity index (χ1) is 16.5. The summed E-state index contributed by atoms with van der Waals surface area (Å²) in [5.41, 5.74) is 1.61. The Morgan fingerprint density at radius 3 is 2.54 bits per heavy atom. The third-order valence-corrected chi connectivity index (χ3v) is 9.28. The summed E-state index contributed by atoms with van der Waals surface area (Å²) in [4.78, 5) is 33.4. The summed E-state index contributed by atoms with van der Waals surface area (Å²) >= 11 is 2.87. The highest BCUT2D eigenvalue weighted by Gasteiger charge is 2.24. The number of fused-ring (bicyclic) bond motifs is 3. The number of aromatic nitrogens is 2. The molecule has 1 aliphatic rings. The van der Waals surface area contributed by atoms with Crippen LogP contribution >= 0.6 is 23.1 Å². The highest BCUT2D eigenvalue weighted by molar-refractivity contribution is 8.00. The molecule has 0 fully saturated rings. The van der Waals surface area contributed by atoms with Crippen molar-refractivity contribution in [3.8, 4) is 0 Å². The molecule has 3 aromatic rings. The largest absolute Gasteiger partial charge is 0.325 e. The van der Waals surface area contributed by atoms with Crippen molar-refractivity contribution < 1.29 is 13.2 Å². The zero-order chi connectivity index (χ0) is 25.3. The molecular formula is C24H30N4O4S3. The van der Waals surface area contributed by atoms with Gasteiger partial charge in [-0.3, -0.25) is 14.2 Å². The number of anilines is 1. The van der Waals surface area contributed by atoms with Crippen molar-refractivity contribution in [3.63, 3.8) is 0 Å². The van der Waals surface area contributed by atoms with Gasteiger partial charge in [-0.15, -0.1) is 11.3 Å². The molecule has 2 heterocycles. The van der Waals surface area contributed by atoms with Gasteiger partial charge < -0.3 is 5.32 Å². The molecule has 4 rings (SSSR count). The molecule has 1 unspecified atom stereocenters. The van der Waals surface area contributed by atoms with Crippen LogP contribution in [-0.2, 0) is 34.2 Å². The van der Waals surface area contributed by atoms with E-state index in [-0.39, 0.29) is 16.4 Å². The van der Waals surface area contributed by atoms with E-state index in [1.165, 1.54) is 40.9 Å². The summed E-state index contributed by atoms with van der Waals surface area (Å²) in [6.45, 7) is 6.55. The lowest BCUT2D eigenvalue weighted by atomic mass is 9.97. The summed E-state index contributed by atoms with van der Waals surface area (Å²) < 4.78 is 24.6. The molecule has 0 aliphatic heterocycles. The number of benzene rings is 1. The van der Waals surface area contributed by atoms with Crippen molar-refractivity contribution in [2.24, 2.45) is 11.1 Å². The van der Waals surface area contributed by atoms with E-state index in [0.717, 1.165) is 47.9 Å². The smallest absolute Gasteiger partial charge is 0.263 e. The quantitative estimate of drug-likeness (QED) is 0.330. The van der Waals surface area contributed by atoms with Crippen LogP contribution in [0.3, 0.4) is 0 Å². The first-order valence-corrected chi connectivity index (χ1v) is 14.9. The number of rotatable bonds is 8. The molecule has 0 saturated heterocycles. The topological polar surface area (TPSA) is 124 Å². The lowest BCUT2D eigenvalue weighted by Gasteiger charge is -2.17. The zero-order valence-corrected chi connectivity index (χ0v) is 22.5. The number of nitrogens with zero attached hydrogens (tertiary/aromatic N) is 2. The molecule has 0 radical (unpaired) electrons. The van der Waals surface area contributed by atoms with Gasteiger partial charge >= 0.3 is 0 Å². The van der Waals surface area contributed by atoms with Crippen LogP contribution in [-0.4, -0.2) is 29.1 Å². The number of hydrogen-bond donors (Lipinski definition) is 2. The Hall–Kier alpha value is -2.21. The number of hydrogen-bond acceptors (Lipinski definition) is 7. The Morgan fingerprint density at radius 2 is 1.89 bits per heavy atom. The van der Waals surface area contributed by atoms with E-state index in [1.54, 1.807) is 22.8 Å². The molecule has 1 aromatic carbocycles. The number of amides is 1. The monoisotopic (exact) mass is 534 g/mol. The van der Waals surface area contributed by atoms with E-state index in [1.807, 2.05) is 0 Å². The molecule has 11 heteroatoms. The van der Waals surface area contributed by atoms with E-state index in [2.05, 4.69) is 19.2 Å². The molecule has 188 valence electrons. The Bertz CT molecular complexity index is 1410.